The smallest absolute Gasteiger partial charge is 0.119 e. The van der Waals surface area contributed by atoms with Gasteiger partial charge in [-0.1, -0.05) is 49.4 Å². The maximum atomic E-state index is 10.4. The third-order valence-corrected chi connectivity index (χ3v) is 3.99. The SMILES string of the molecule is CCOc1ccc(C(O)CCN(CC)Cc2ccccc2)cc1. The molecule has 23 heavy (non-hydrogen) atoms. The fraction of sp³-hybridized carbons (Fsp3) is 0.400. The van der Waals surface area contributed by atoms with Crippen LogP contribution in [0.15, 0.2) is 54.6 Å². The van der Waals surface area contributed by atoms with Crippen LogP contribution in [0.4, 0.5) is 0 Å². The molecule has 3 heteroatoms. The van der Waals surface area contributed by atoms with E-state index in [9.17, 15) is 5.11 Å². The molecular formula is C20H27NO2. The normalized spacial score (nSPS) is 12.3. The Morgan fingerprint density at radius 3 is 2.30 bits per heavy atom. The first-order valence-electron chi connectivity index (χ1n) is 8.40. The molecule has 0 saturated heterocycles. The van der Waals surface area contributed by atoms with E-state index in [1.807, 2.05) is 37.3 Å². The van der Waals surface area contributed by atoms with Gasteiger partial charge in [-0.05, 0) is 43.1 Å². The summed E-state index contributed by atoms with van der Waals surface area (Å²) in [5.41, 5.74) is 2.26. The number of ether oxygens (including phenoxy) is 1. The van der Waals surface area contributed by atoms with Crippen molar-refractivity contribution in [3.05, 3.63) is 65.7 Å². The predicted octanol–water partition coefficient (Wildman–Crippen LogP) is 4.03. The third-order valence-electron chi connectivity index (χ3n) is 3.99. The van der Waals surface area contributed by atoms with Gasteiger partial charge >= 0.3 is 0 Å². The zero-order valence-corrected chi connectivity index (χ0v) is 14.1. The van der Waals surface area contributed by atoms with Crippen LogP contribution in [0.5, 0.6) is 5.75 Å². The molecule has 1 N–H and O–H groups in total. The van der Waals surface area contributed by atoms with Gasteiger partial charge in [0.05, 0.1) is 12.7 Å². The molecule has 2 rings (SSSR count). The van der Waals surface area contributed by atoms with Gasteiger partial charge in [0.25, 0.3) is 0 Å². The van der Waals surface area contributed by atoms with Crippen LogP contribution < -0.4 is 4.74 Å². The highest BCUT2D eigenvalue weighted by molar-refractivity contribution is 5.28. The van der Waals surface area contributed by atoms with Crippen molar-refractivity contribution < 1.29 is 9.84 Å². The van der Waals surface area contributed by atoms with Crippen molar-refractivity contribution in [3.8, 4) is 5.75 Å². The molecule has 0 bridgehead atoms. The first kappa shape index (κ1) is 17.5. The van der Waals surface area contributed by atoms with Crippen molar-refractivity contribution in [3.63, 3.8) is 0 Å². The second kappa shape index (κ2) is 9.33. The molecule has 2 aromatic carbocycles. The summed E-state index contributed by atoms with van der Waals surface area (Å²) in [5, 5.41) is 10.4. The van der Waals surface area contributed by atoms with Crippen molar-refractivity contribution in [2.24, 2.45) is 0 Å². The minimum Gasteiger partial charge on any atom is -0.494 e. The van der Waals surface area contributed by atoms with Gasteiger partial charge in [-0.3, -0.25) is 4.90 Å². The summed E-state index contributed by atoms with van der Waals surface area (Å²) in [6.45, 7) is 7.56. The molecular weight excluding hydrogens is 286 g/mol. The first-order valence-corrected chi connectivity index (χ1v) is 8.40. The summed E-state index contributed by atoms with van der Waals surface area (Å²) in [4.78, 5) is 2.35. The summed E-state index contributed by atoms with van der Waals surface area (Å²) < 4.78 is 5.43. The Morgan fingerprint density at radius 1 is 1.00 bits per heavy atom. The molecule has 0 amide bonds. The first-order chi connectivity index (χ1) is 11.2. The van der Waals surface area contributed by atoms with E-state index in [1.54, 1.807) is 0 Å². The minimum atomic E-state index is -0.435. The van der Waals surface area contributed by atoms with E-state index >= 15 is 0 Å². The van der Waals surface area contributed by atoms with Crippen molar-refractivity contribution in [2.45, 2.75) is 32.9 Å². The summed E-state index contributed by atoms with van der Waals surface area (Å²) in [7, 11) is 0. The minimum absolute atomic E-state index is 0.435. The monoisotopic (exact) mass is 313 g/mol. The lowest BCUT2D eigenvalue weighted by Gasteiger charge is -2.22. The van der Waals surface area contributed by atoms with Crippen LogP contribution in [-0.2, 0) is 6.54 Å². The van der Waals surface area contributed by atoms with Gasteiger partial charge in [0, 0.05) is 13.1 Å². The lowest BCUT2D eigenvalue weighted by molar-refractivity contribution is 0.141. The Morgan fingerprint density at radius 2 is 1.70 bits per heavy atom. The highest BCUT2D eigenvalue weighted by atomic mass is 16.5. The lowest BCUT2D eigenvalue weighted by atomic mass is 10.1. The number of rotatable bonds is 9. The number of benzene rings is 2. The van der Waals surface area contributed by atoms with E-state index < -0.39 is 6.10 Å². The van der Waals surface area contributed by atoms with Gasteiger partial charge in [-0.25, -0.2) is 0 Å². The molecule has 124 valence electrons. The Kier molecular flexibility index (Phi) is 7.11. The fourth-order valence-electron chi connectivity index (χ4n) is 2.61. The topological polar surface area (TPSA) is 32.7 Å². The molecule has 0 aromatic heterocycles. The second-order valence-electron chi connectivity index (χ2n) is 5.66. The third kappa shape index (κ3) is 5.70. The van der Waals surface area contributed by atoms with Crippen LogP contribution in [0.1, 0.15) is 37.5 Å². The average molecular weight is 313 g/mol. The van der Waals surface area contributed by atoms with Crippen molar-refractivity contribution in [1.29, 1.82) is 0 Å². The highest BCUT2D eigenvalue weighted by Crippen LogP contribution is 2.21. The zero-order chi connectivity index (χ0) is 16.5. The van der Waals surface area contributed by atoms with Gasteiger partial charge in [-0.15, -0.1) is 0 Å². The zero-order valence-electron chi connectivity index (χ0n) is 14.1. The molecule has 0 heterocycles. The predicted molar refractivity (Wildman–Crippen MR) is 94.6 cm³/mol. The van der Waals surface area contributed by atoms with E-state index in [0.29, 0.717) is 6.61 Å². The number of aliphatic hydroxyl groups is 1. The summed E-state index contributed by atoms with van der Waals surface area (Å²) in [5.74, 6) is 0.850. The van der Waals surface area contributed by atoms with Crippen LogP contribution >= 0.6 is 0 Å². The van der Waals surface area contributed by atoms with E-state index in [4.69, 9.17) is 4.74 Å². The van der Waals surface area contributed by atoms with Crippen LogP contribution in [-0.4, -0.2) is 29.7 Å². The number of aliphatic hydroxyl groups excluding tert-OH is 1. The van der Waals surface area contributed by atoms with Crippen molar-refractivity contribution >= 4 is 0 Å². The number of hydrogen-bond donors (Lipinski definition) is 1. The molecule has 2 aromatic rings. The number of nitrogens with zero attached hydrogens (tertiary/aromatic N) is 1. The maximum Gasteiger partial charge on any atom is 0.119 e. The quantitative estimate of drug-likeness (QED) is 0.758. The lowest BCUT2D eigenvalue weighted by Crippen LogP contribution is -2.25. The Hall–Kier alpha value is -1.84. The summed E-state index contributed by atoms with van der Waals surface area (Å²) in [6, 6.07) is 18.2. The molecule has 0 aliphatic carbocycles. The molecule has 0 fully saturated rings. The fourth-order valence-corrected chi connectivity index (χ4v) is 2.61. The molecule has 0 spiro atoms. The van der Waals surface area contributed by atoms with Crippen molar-refractivity contribution in [1.82, 2.24) is 4.90 Å². The maximum absolute atomic E-state index is 10.4. The largest absolute Gasteiger partial charge is 0.494 e. The standard InChI is InChI=1S/C20H27NO2/c1-3-21(16-17-8-6-5-7-9-17)15-14-20(22)18-10-12-19(13-11-18)23-4-2/h5-13,20,22H,3-4,14-16H2,1-2H3. The van der Waals surface area contributed by atoms with Gasteiger partial charge in [0.2, 0.25) is 0 Å². The Bertz CT molecular complexity index is 554. The van der Waals surface area contributed by atoms with Crippen LogP contribution in [0.2, 0.25) is 0 Å². The van der Waals surface area contributed by atoms with Crippen LogP contribution in [0, 0.1) is 0 Å². The Balaban J connectivity index is 1.85. The molecule has 0 aliphatic rings. The second-order valence-corrected chi connectivity index (χ2v) is 5.66. The molecule has 1 unspecified atom stereocenters. The average Bonchev–Trinajstić information content (AvgIpc) is 2.60. The molecule has 0 radical (unpaired) electrons. The van der Waals surface area contributed by atoms with Crippen LogP contribution in [0.25, 0.3) is 0 Å². The van der Waals surface area contributed by atoms with E-state index in [-0.39, 0.29) is 0 Å². The molecule has 1 atom stereocenters. The van der Waals surface area contributed by atoms with Gasteiger partial charge in [0.15, 0.2) is 0 Å². The van der Waals surface area contributed by atoms with E-state index in [1.165, 1.54) is 5.56 Å². The van der Waals surface area contributed by atoms with Crippen LogP contribution in [0.3, 0.4) is 0 Å². The Labute approximate surface area is 139 Å². The van der Waals surface area contributed by atoms with Gasteiger partial charge < -0.3 is 9.84 Å². The molecule has 3 nitrogen and oxygen atoms in total. The summed E-state index contributed by atoms with van der Waals surface area (Å²) >= 11 is 0. The summed E-state index contributed by atoms with van der Waals surface area (Å²) in [6.07, 6.45) is 0.296. The van der Waals surface area contributed by atoms with Crippen molar-refractivity contribution in [2.75, 3.05) is 19.7 Å². The van der Waals surface area contributed by atoms with E-state index in [0.717, 1.165) is 37.4 Å². The number of hydrogen-bond acceptors (Lipinski definition) is 3. The molecule has 0 saturated carbocycles. The van der Waals surface area contributed by atoms with Gasteiger partial charge in [0.1, 0.15) is 5.75 Å². The molecule has 0 aliphatic heterocycles. The van der Waals surface area contributed by atoms with Gasteiger partial charge in [-0.2, -0.15) is 0 Å². The van der Waals surface area contributed by atoms with E-state index in [2.05, 4.69) is 36.1 Å². The highest BCUT2D eigenvalue weighted by Gasteiger charge is 2.11.